The largest absolute Gasteiger partial charge is 0.490 e. The molecule has 184 valence electrons. The summed E-state index contributed by atoms with van der Waals surface area (Å²) in [6.45, 7) is 8.36. The third kappa shape index (κ3) is 5.88. The van der Waals surface area contributed by atoms with E-state index in [-0.39, 0.29) is 17.1 Å². The molecule has 9 heteroatoms. The zero-order chi connectivity index (χ0) is 24.9. The first kappa shape index (κ1) is 25.6. The Kier molecular flexibility index (Phi) is 8.19. The van der Waals surface area contributed by atoms with Crippen molar-refractivity contribution in [3.63, 3.8) is 0 Å². The number of carbonyl (C=O) groups is 2. The Morgan fingerprint density at radius 2 is 1.74 bits per heavy atom. The predicted octanol–water partition coefficient (Wildman–Crippen LogP) is 3.87. The molecule has 0 spiro atoms. The molecule has 0 saturated carbocycles. The fourth-order valence-electron chi connectivity index (χ4n) is 3.57. The van der Waals surface area contributed by atoms with Crippen molar-refractivity contribution in [2.75, 3.05) is 36.4 Å². The Morgan fingerprint density at radius 3 is 2.41 bits per heavy atom. The summed E-state index contributed by atoms with van der Waals surface area (Å²) in [4.78, 5) is 25.2. The minimum atomic E-state index is -3.36. The van der Waals surface area contributed by atoms with Crippen LogP contribution in [0.25, 0.3) is 0 Å². The highest BCUT2D eigenvalue weighted by Gasteiger charge is 2.28. The Balaban J connectivity index is 1.66. The summed E-state index contributed by atoms with van der Waals surface area (Å²) in [7, 11) is -3.36. The topological polar surface area (TPSA) is 99.2 Å². The van der Waals surface area contributed by atoms with Gasteiger partial charge in [0.1, 0.15) is 0 Å². The average Bonchev–Trinajstić information content (AvgIpc) is 3.25. The number of fused-ring (bicyclic) bond motifs is 1. The molecule has 0 amide bonds. The van der Waals surface area contributed by atoms with Crippen LogP contribution in [-0.4, -0.2) is 52.3 Å². The quantitative estimate of drug-likeness (QED) is 0.349. The monoisotopic (exact) mass is 489 g/mol. The fourth-order valence-corrected chi connectivity index (χ4v) is 4.73. The Hall–Kier alpha value is -3.07. The van der Waals surface area contributed by atoms with Crippen molar-refractivity contribution in [3.05, 3.63) is 53.1 Å². The number of Topliss-reactive ketones (excluding diaryl/α,β-unsaturated/α-hetero) is 1. The third-order valence-electron chi connectivity index (χ3n) is 5.34. The summed E-state index contributed by atoms with van der Waals surface area (Å²) in [6.07, 6.45) is 0.529. The highest BCUT2D eigenvalue weighted by molar-refractivity contribution is 7.92. The standard InChI is InChI=1S/C25H31NO7S/c1-5-31-24-14-20(8-10-23(24)32-15-17(3)4)25(28)33-16-22(27)19-7-9-21-18(13-19)11-12-26(21)34(29,30)6-2/h7-10,13-14,17H,5-6,11-12,15-16H2,1-4H3. The summed E-state index contributed by atoms with van der Waals surface area (Å²) in [5.41, 5.74) is 2.00. The Bertz CT molecular complexity index is 1160. The van der Waals surface area contributed by atoms with E-state index >= 15 is 0 Å². The van der Waals surface area contributed by atoms with Crippen LogP contribution >= 0.6 is 0 Å². The Labute approximate surface area is 200 Å². The van der Waals surface area contributed by atoms with Crippen LogP contribution in [0.5, 0.6) is 11.5 Å². The van der Waals surface area contributed by atoms with Gasteiger partial charge in [0.05, 0.1) is 30.2 Å². The lowest BCUT2D eigenvalue weighted by atomic mass is 10.1. The zero-order valence-corrected chi connectivity index (χ0v) is 20.8. The van der Waals surface area contributed by atoms with Crippen molar-refractivity contribution >= 4 is 27.5 Å². The van der Waals surface area contributed by atoms with Gasteiger partial charge in [-0.1, -0.05) is 13.8 Å². The van der Waals surface area contributed by atoms with E-state index < -0.39 is 22.6 Å². The van der Waals surface area contributed by atoms with Crippen molar-refractivity contribution < 1.29 is 32.2 Å². The van der Waals surface area contributed by atoms with Gasteiger partial charge in [0.2, 0.25) is 10.0 Å². The number of nitrogens with zero attached hydrogens (tertiary/aromatic N) is 1. The van der Waals surface area contributed by atoms with Crippen molar-refractivity contribution in [1.82, 2.24) is 0 Å². The van der Waals surface area contributed by atoms with Crippen LogP contribution in [0, 0.1) is 5.92 Å². The Morgan fingerprint density at radius 1 is 1.00 bits per heavy atom. The van der Waals surface area contributed by atoms with Crippen molar-refractivity contribution in [3.8, 4) is 11.5 Å². The first-order valence-corrected chi connectivity index (χ1v) is 13.0. The molecule has 34 heavy (non-hydrogen) atoms. The van der Waals surface area contributed by atoms with Gasteiger partial charge in [-0.3, -0.25) is 9.10 Å². The van der Waals surface area contributed by atoms with E-state index in [1.165, 1.54) is 4.31 Å². The third-order valence-corrected chi connectivity index (χ3v) is 7.12. The molecule has 3 rings (SSSR count). The molecule has 0 N–H and O–H groups in total. The number of rotatable bonds is 11. The molecular formula is C25H31NO7S. The lowest BCUT2D eigenvalue weighted by molar-refractivity contribution is 0.0474. The summed E-state index contributed by atoms with van der Waals surface area (Å²) in [5.74, 6) is 0.317. The van der Waals surface area contributed by atoms with Gasteiger partial charge in [0.15, 0.2) is 23.9 Å². The van der Waals surface area contributed by atoms with E-state index in [2.05, 4.69) is 0 Å². The van der Waals surface area contributed by atoms with E-state index in [4.69, 9.17) is 14.2 Å². The second-order valence-corrected chi connectivity index (χ2v) is 10.5. The minimum Gasteiger partial charge on any atom is -0.490 e. The molecule has 8 nitrogen and oxygen atoms in total. The summed E-state index contributed by atoms with van der Waals surface area (Å²) < 4.78 is 42.4. The molecule has 0 bridgehead atoms. The van der Waals surface area contributed by atoms with Crippen LogP contribution in [0.2, 0.25) is 0 Å². The lowest BCUT2D eigenvalue weighted by Gasteiger charge is -2.18. The number of hydrogen-bond acceptors (Lipinski definition) is 7. The highest BCUT2D eigenvalue weighted by atomic mass is 32.2. The van der Waals surface area contributed by atoms with Gasteiger partial charge in [-0.05, 0) is 68.1 Å². The van der Waals surface area contributed by atoms with Crippen molar-refractivity contribution in [2.24, 2.45) is 5.92 Å². The number of ketones is 1. The van der Waals surface area contributed by atoms with Crippen molar-refractivity contribution in [1.29, 1.82) is 0 Å². The summed E-state index contributed by atoms with van der Waals surface area (Å²) >= 11 is 0. The van der Waals surface area contributed by atoms with E-state index in [0.29, 0.717) is 54.8 Å². The van der Waals surface area contributed by atoms with Gasteiger partial charge >= 0.3 is 5.97 Å². The minimum absolute atomic E-state index is 0.0128. The molecule has 0 radical (unpaired) electrons. The molecule has 0 aliphatic carbocycles. The maximum Gasteiger partial charge on any atom is 0.338 e. The molecule has 0 fully saturated rings. The van der Waals surface area contributed by atoms with E-state index in [0.717, 1.165) is 5.56 Å². The van der Waals surface area contributed by atoms with E-state index in [1.54, 1.807) is 43.3 Å². The van der Waals surface area contributed by atoms with Crippen LogP contribution in [0.15, 0.2) is 36.4 Å². The molecule has 1 aliphatic heterocycles. The molecule has 0 aromatic heterocycles. The maximum atomic E-state index is 12.6. The zero-order valence-electron chi connectivity index (χ0n) is 20.0. The predicted molar refractivity (Wildman–Crippen MR) is 130 cm³/mol. The first-order valence-electron chi connectivity index (χ1n) is 11.4. The molecular weight excluding hydrogens is 458 g/mol. The van der Waals surface area contributed by atoms with Gasteiger partial charge in [-0.15, -0.1) is 0 Å². The second kappa shape index (κ2) is 10.9. The van der Waals surface area contributed by atoms with Gasteiger partial charge in [-0.25, -0.2) is 13.2 Å². The normalized spacial score (nSPS) is 13.0. The molecule has 0 saturated heterocycles. The molecule has 1 heterocycles. The van der Waals surface area contributed by atoms with Gasteiger partial charge < -0.3 is 14.2 Å². The number of sulfonamides is 1. The van der Waals surface area contributed by atoms with Crippen LogP contribution in [0.4, 0.5) is 5.69 Å². The van der Waals surface area contributed by atoms with Crippen molar-refractivity contribution in [2.45, 2.75) is 34.1 Å². The number of esters is 1. The van der Waals surface area contributed by atoms with E-state index in [9.17, 15) is 18.0 Å². The smallest absolute Gasteiger partial charge is 0.338 e. The van der Waals surface area contributed by atoms with Crippen LogP contribution in [0.3, 0.4) is 0 Å². The maximum absolute atomic E-state index is 12.6. The van der Waals surface area contributed by atoms with Crippen LogP contribution in [0.1, 0.15) is 54.0 Å². The number of carbonyl (C=O) groups excluding carboxylic acids is 2. The first-order chi connectivity index (χ1) is 16.2. The number of hydrogen-bond donors (Lipinski definition) is 0. The summed E-state index contributed by atoms with van der Waals surface area (Å²) in [6, 6.07) is 9.64. The van der Waals surface area contributed by atoms with Crippen LogP contribution in [-0.2, 0) is 21.2 Å². The highest BCUT2D eigenvalue weighted by Crippen LogP contribution is 2.32. The van der Waals surface area contributed by atoms with E-state index in [1.807, 2.05) is 20.8 Å². The average molecular weight is 490 g/mol. The van der Waals surface area contributed by atoms with Crippen LogP contribution < -0.4 is 13.8 Å². The molecule has 2 aromatic rings. The number of benzene rings is 2. The molecule has 0 unspecified atom stereocenters. The van der Waals surface area contributed by atoms with Gasteiger partial charge in [0, 0.05) is 12.1 Å². The molecule has 1 aliphatic rings. The molecule has 2 aromatic carbocycles. The second-order valence-electron chi connectivity index (χ2n) is 8.36. The fraction of sp³-hybridized carbons (Fsp3) is 0.440. The summed E-state index contributed by atoms with van der Waals surface area (Å²) in [5, 5.41) is 0. The van der Waals surface area contributed by atoms with Gasteiger partial charge in [-0.2, -0.15) is 0 Å². The van der Waals surface area contributed by atoms with Gasteiger partial charge in [0.25, 0.3) is 0 Å². The lowest BCUT2D eigenvalue weighted by Crippen LogP contribution is -2.30. The number of ether oxygens (including phenoxy) is 3. The molecule has 0 atom stereocenters. The SMILES string of the molecule is CCOc1cc(C(=O)OCC(=O)c2ccc3c(c2)CCN3S(=O)(=O)CC)ccc1OCC(C)C. The number of anilines is 1.